The zero-order valence-corrected chi connectivity index (χ0v) is 10.1. The van der Waals surface area contributed by atoms with Gasteiger partial charge in [-0.2, -0.15) is 0 Å². The second-order valence-corrected chi connectivity index (χ2v) is 4.15. The Morgan fingerprint density at radius 1 is 1.27 bits per heavy atom. The molecule has 2 heteroatoms. The van der Waals surface area contributed by atoms with Crippen molar-refractivity contribution in [3.05, 3.63) is 35.4 Å². The lowest BCUT2D eigenvalue weighted by Crippen LogP contribution is -2.29. The average molecular weight is 206 g/mol. The van der Waals surface area contributed by atoms with Gasteiger partial charge in [0.2, 0.25) is 0 Å². The van der Waals surface area contributed by atoms with Gasteiger partial charge >= 0.3 is 0 Å². The van der Waals surface area contributed by atoms with Crippen LogP contribution in [0, 0.1) is 6.92 Å². The van der Waals surface area contributed by atoms with Crippen LogP contribution in [0.2, 0.25) is 0 Å². The van der Waals surface area contributed by atoms with E-state index >= 15 is 0 Å². The molecule has 15 heavy (non-hydrogen) atoms. The molecule has 0 heterocycles. The lowest BCUT2D eigenvalue weighted by molar-refractivity contribution is 0.339. The Hall–Kier alpha value is -0.860. The molecule has 0 saturated carbocycles. The highest BCUT2D eigenvalue weighted by Gasteiger charge is 1.98. The van der Waals surface area contributed by atoms with Gasteiger partial charge in [0.15, 0.2) is 0 Å². The normalized spacial score (nSPS) is 10.9. The van der Waals surface area contributed by atoms with Gasteiger partial charge in [0.25, 0.3) is 0 Å². The van der Waals surface area contributed by atoms with E-state index in [4.69, 9.17) is 0 Å². The summed E-state index contributed by atoms with van der Waals surface area (Å²) < 4.78 is 0. The fraction of sp³-hybridized carbons (Fsp3) is 0.538. The minimum Gasteiger partial charge on any atom is -0.318 e. The summed E-state index contributed by atoms with van der Waals surface area (Å²) >= 11 is 0. The molecule has 0 spiro atoms. The summed E-state index contributed by atoms with van der Waals surface area (Å²) in [5, 5.41) is 3.16. The predicted octanol–water partition coefficient (Wildman–Crippen LogP) is 1.69. The van der Waals surface area contributed by atoms with Crippen molar-refractivity contribution in [1.82, 2.24) is 10.2 Å². The first kappa shape index (κ1) is 12.2. The first-order chi connectivity index (χ1) is 7.22. The molecular formula is C13H22N2. The van der Waals surface area contributed by atoms with Crippen LogP contribution in [0.15, 0.2) is 24.3 Å². The topological polar surface area (TPSA) is 15.3 Å². The summed E-state index contributed by atoms with van der Waals surface area (Å²) in [5.74, 6) is 0. The number of benzene rings is 1. The molecule has 0 saturated heterocycles. The zero-order chi connectivity index (χ0) is 11.1. The first-order valence-corrected chi connectivity index (χ1v) is 5.61. The number of likely N-dealkylation sites (N-methyl/N-ethyl adjacent to an activating group) is 2. The number of hydrogen-bond acceptors (Lipinski definition) is 2. The maximum atomic E-state index is 3.16. The third-order valence-corrected chi connectivity index (χ3v) is 2.61. The maximum Gasteiger partial charge on any atom is 0.0104 e. The van der Waals surface area contributed by atoms with E-state index in [2.05, 4.69) is 48.5 Å². The summed E-state index contributed by atoms with van der Waals surface area (Å²) in [6, 6.07) is 8.76. The van der Waals surface area contributed by atoms with E-state index in [-0.39, 0.29) is 0 Å². The van der Waals surface area contributed by atoms with E-state index in [0.717, 1.165) is 26.1 Å². The van der Waals surface area contributed by atoms with Crippen LogP contribution in [0.4, 0.5) is 0 Å². The Kier molecular flexibility index (Phi) is 5.37. The van der Waals surface area contributed by atoms with E-state index in [1.807, 2.05) is 7.05 Å². The van der Waals surface area contributed by atoms with Crippen molar-refractivity contribution in [3.63, 3.8) is 0 Å². The highest BCUT2D eigenvalue weighted by atomic mass is 15.1. The van der Waals surface area contributed by atoms with Crippen molar-refractivity contribution in [2.75, 3.05) is 33.7 Å². The molecule has 0 fully saturated rings. The fourth-order valence-electron chi connectivity index (χ4n) is 1.60. The van der Waals surface area contributed by atoms with Crippen LogP contribution in [0.3, 0.4) is 0 Å². The van der Waals surface area contributed by atoms with Crippen LogP contribution < -0.4 is 5.32 Å². The average Bonchev–Trinajstić information content (AvgIpc) is 2.23. The van der Waals surface area contributed by atoms with Gasteiger partial charge in [-0.15, -0.1) is 0 Å². The summed E-state index contributed by atoms with van der Waals surface area (Å²) in [6.07, 6.45) is 1.14. The smallest absolute Gasteiger partial charge is 0.0104 e. The number of aryl methyl sites for hydroxylation is 1. The Morgan fingerprint density at radius 3 is 2.73 bits per heavy atom. The van der Waals surface area contributed by atoms with E-state index in [0.29, 0.717) is 0 Å². The van der Waals surface area contributed by atoms with E-state index in [1.165, 1.54) is 11.1 Å². The predicted molar refractivity (Wildman–Crippen MR) is 66.3 cm³/mol. The van der Waals surface area contributed by atoms with E-state index in [1.54, 1.807) is 0 Å². The van der Waals surface area contributed by atoms with Gasteiger partial charge in [0, 0.05) is 19.6 Å². The molecule has 1 aromatic carbocycles. The molecule has 0 unspecified atom stereocenters. The van der Waals surface area contributed by atoms with Crippen molar-refractivity contribution >= 4 is 0 Å². The fourth-order valence-corrected chi connectivity index (χ4v) is 1.60. The van der Waals surface area contributed by atoms with Gasteiger partial charge < -0.3 is 10.2 Å². The SMILES string of the molecule is CNCCN(C)CCc1cccc(C)c1. The van der Waals surface area contributed by atoms with Gasteiger partial charge in [-0.3, -0.25) is 0 Å². The highest BCUT2D eigenvalue weighted by molar-refractivity contribution is 5.22. The molecule has 1 rings (SSSR count). The molecule has 0 atom stereocenters. The van der Waals surface area contributed by atoms with Crippen LogP contribution in [-0.4, -0.2) is 38.6 Å². The molecule has 2 nitrogen and oxygen atoms in total. The molecule has 0 bridgehead atoms. The van der Waals surface area contributed by atoms with Crippen molar-refractivity contribution in [3.8, 4) is 0 Å². The number of nitrogens with zero attached hydrogens (tertiary/aromatic N) is 1. The quantitative estimate of drug-likeness (QED) is 0.762. The summed E-state index contributed by atoms with van der Waals surface area (Å²) in [7, 11) is 4.17. The molecule has 84 valence electrons. The molecule has 0 aromatic heterocycles. The molecule has 0 aliphatic carbocycles. The van der Waals surface area contributed by atoms with E-state index < -0.39 is 0 Å². The molecule has 1 aromatic rings. The first-order valence-electron chi connectivity index (χ1n) is 5.61. The lowest BCUT2D eigenvalue weighted by atomic mass is 10.1. The van der Waals surface area contributed by atoms with Gasteiger partial charge in [0.1, 0.15) is 0 Å². The molecular weight excluding hydrogens is 184 g/mol. The second-order valence-electron chi connectivity index (χ2n) is 4.15. The number of hydrogen-bond donors (Lipinski definition) is 1. The summed E-state index contributed by atoms with van der Waals surface area (Å²) in [4.78, 5) is 2.36. The van der Waals surface area contributed by atoms with Gasteiger partial charge in [0.05, 0.1) is 0 Å². The van der Waals surface area contributed by atoms with Gasteiger partial charge in [-0.05, 0) is 33.0 Å². The summed E-state index contributed by atoms with van der Waals surface area (Å²) in [6.45, 7) is 5.45. The zero-order valence-electron chi connectivity index (χ0n) is 10.1. The molecule has 0 radical (unpaired) electrons. The Morgan fingerprint density at radius 2 is 2.07 bits per heavy atom. The number of nitrogens with one attached hydrogen (secondary N) is 1. The largest absolute Gasteiger partial charge is 0.318 e. The van der Waals surface area contributed by atoms with Crippen molar-refractivity contribution in [2.45, 2.75) is 13.3 Å². The Bertz CT molecular complexity index is 284. The third kappa shape index (κ3) is 4.96. The summed E-state index contributed by atoms with van der Waals surface area (Å²) in [5.41, 5.74) is 2.79. The second kappa shape index (κ2) is 6.59. The van der Waals surface area contributed by atoms with E-state index in [9.17, 15) is 0 Å². The Balaban J connectivity index is 2.30. The molecule has 0 aliphatic rings. The van der Waals surface area contributed by atoms with Crippen molar-refractivity contribution < 1.29 is 0 Å². The maximum absolute atomic E-state index is 3.16. The van der Waals surface area contributed by atoms with Gasteiger partial charge in [-0.1, -0.05) is 29.8 Å². The van der Waals surface area contributed by atoms with Crippen LogP contribution in [-0.2, 0) is 6.42 Å². The highest BCUT2D eigenvalue weighted by Crippen LogP contribution is 2.04. The van der Waals surface area contributed by atoms with Crippen molar-refractivity contribution in [1.29, 1.82) is 0 Å². The van der Waals surface area contributed by atoms with Crippen LogP contribution in [0.5, 0.6) is 0 Å². The Labute approximate surface area is 93.3 Å². The monoisotopic (exact) mass is 206 g/mol. The van der Waals surface area contributed by atoms with Crippen LogP contribution >= 0.6 is 0 Å². The van der Waals surface area contributed by atoms with Gasteiger partial charge in [-0.25, -0.2) is 0 Å². The molecule has 1 N–H and O–H groups in total. The standard InChI is InChI=1S/C13H22N2/c1-12-5-4-6-13(11-12)7-9-15(3)10-8-14-2/h4-6,11,14H,7-10H2,1-3H3. The van der Waals surface area contributed by atoms with Crippen LogP contribution in [0.1, 0.15) is 11.1 Å². The van der Waals surface area contributed by atoms with Crippen molar-refractivity contribution in [2.24, 2.45) is 0 Å². The minimum absolute atomic E-state index is 1.06. The van der Waals surface area contributed by atoms with Crippen LogP contribution in [0.25, 0.3) is 0 Å². The minimum atomic E-state index is 1.06. The molecule has 0 aliphatic heterocycles. The lowest BCUT2D eigenvalue weighted by Gasteiger charge is -2.16. The molecule has 0 amide bonds. The third-order valence-electron chi connectivity index (χ3n) is 2.61. The number of rotatable bonds is 6.